The van der Waals surface area contributed by atoms with Crippen molar-refractivity contribution in [3.63, 3.8) is 0 Å². The molecule has 0 bridgehead atoms. The summed E-state index contributed by atoms with van der Waals surface area (Å²) in [7, 11) is 1.28. The third-order valence-electron chi connectivity index (χ3n) is 2.20. The van der Waals surface area contributed by atoms with E-state index in [0.717, 1.165) is 0 Å². The Morgan fingerprint density at radius 1 is 1.62 bits per heavy atom. The molecule has 0 saturated heterocycles. The molecule has 2 atom stereocenters. The summed E-state index contributed by atoms with van der Waals surface area (Å²) in [5, 5.41) is 10.4. The molecule has 0 aliphatic heterocycles. The number of hydrogen-bond donors (Lipinski definition) is 0. The molecule has 0 aromatic heterocycles. The van der Waals surface area contributed by atoms with Crippen LogP contribution in [0.3, 0.4) is 0 Å². The molecular formula is C8H15NO4. The average Bonchev–Trinajstić information content (AvgIpc) is 2.12. The summed E-state index contributed by atoms with van der Waals surface area (Å²) in [4.78, 5) is 20.9. The normalized spacial score (nSPS) is 14.7. The smallest absolute Gasteiger partial charge is 0.306 e. The number of ether oxygens (including phenoxy) is 1. The summed E-state index contributed by atoms with van der Waals surface area (Å²) in [5.41, 5.74) is 0. The minimum absolute atomic E-state index is 0.120. The van der Waals surface area contributed by atoms with Crippen LogP contribution in [-0.2, 0) is 9.53 Å². The number of methoxy groups -OCH3 is 1. The van der Waals surface area contributed by atoms with Gasteiger partial charge in [0.05, 0.1) is 13.5 Å². The minimum Gasteiger partial charge on any atom is -0.469 e. The van der Waals surface area contributed by atoms with Gasteiger partial charge in [-0.1, -0.05) is 6.92 Å². The molecular weight excluding hydrogens is 174 g/mol. The van der Waals surface area contributed by atoms with Crippen LogP contribution in [0.4, 0.5) is 0 Å². The largest absolute Gasteiger partial charge is 0.469 e. The first-order valence-corrected chi connectivity index (χ1v) is 4.23. The number of carbonyl (C=O) groups excluding carboxylic acids is 1. The van der Waals surface area contributed by atoms with Crippen LogP contribution in [0.25, 0.3) is 0 Å². The van der Waals surface area contributed by atoms with Crippen LogP contribution in [0.5, 0.6) is 0 Å². The van der Waals surface area contributed by atoms with E-state index in [1.54, 1.807) is 0 Å². The van der Waals surface area contributed by atoms with Crippen molar-refractivity contribution in [2.45, 2.75) is 32.7 Å². The number of hydrogen-bond acceptors (Lipinski definition) is 4. The van der Waals surface area contributed by atoms with Gasteiger partial charge >= 0.3 is 5.97 Å². The Balaban J connectivity index is 4.17. The Morgan fingerprint density at radius 2 is 2.15 bits per heavy atom. The number of carbonyl (C=O) groups is 1. The summed E-state index contributed by atoms with van der Waals surface area (Å²) < 4.78 is 4.45. The van der Waals surface area contributed by atoms with Crippen LogP contribution < -0.4 is 0 Å². The van der Waals surface area contributed by atoms with E-state index in [0.29, 0.717) is 6.42 Å². The number of rotatable bonds is 5. The van der Waals surface area contributed by atoms with Gasteiger partial charge in [-0.05, 0) is 6.42 Å². The molecule has 2 unspecified atom stereocenters. The second-order valence-electron chi connectivity index (χ2n) is 2.97. The fourth-order valence-corrected chi connectivity index (χ4v) is 1.13. The van der Waals surface area contributed by atoms with Crippen molar-refractivity contribution < 1.29 is 14.5 Å². The fraction of sp³-hybridized carbons (Fsp3) is 0.875. The summed E-state index contributed by atoms with van der Waals surface area (Å²) in [6.45, 7) is 3.34. The lowest BCUT2D eigenvalue weighted by atomic mass is 9.95. The van der Waals surface area contributed by atoms with E-state index in [1.807, 2.05) is 6.92 Å². The molecule has 0 fully saturated rings. The molecule has 13 heavy (non-hydrogen) atoms. The highest BCUT2D eigenvalue weighted by molar-refractivity contribution is 5.69. The van der Waals surface area contributed by atoms with E-state index in [2.05, 4.69) is 4.74 Å². The Labute approximate surface area is 77.2 Å². The van der Waals surface area contributed by atoms with Gasteiger partial charge in [0, 0.05) is 17.8 Å². The average molecular weight is 189 g/mol. The highest BCUT2D eigenvalue weighted by Gasteiger charge is 2.27. The Bertz CT molecular complexity index is 193. The molecule has 0 saturated carbocycles. The van der Waals surface area contributed by atoms with Crippen LogP contribution in [0, 0.1) is 16.0 Å². The maximum Gasteiger partial charge on any atom is 0.306 e. The molecule has 0 aromatic rings. The van der Waals surface area contributed by atoms with Gasteiger partial charge in [0.2, 0.25) is 6.04 Å². The van der Waals surface area contributed by atoms with Gasteiger partial charge in [0.15, 0.2) is 0 Å². The first-order chi connectivity index (χ1) is 6.02. The van der Waals surface area contributed by atoms with Gasteiger partial charge in [-0.25, -0.2) is 0 Å². The first-order valence-electron chi connectivity index (χ1n) is 4.23. The number of nitrogens with zero attached hydrogens (tertiary/aromatic N) is 1. The van der Waals surface area contributed by atoms with Crippen molar-refractivity contribution in [3.05, 3.63) is 10.1 Å². The molecule has 0 aliphatic carbocycles. The van der Waals surface area contributed by atoms with E-state index in [-0.39, 0.29) is 23.2 Å². The topological polar surface area (TPSA) is 69.4 Å². The van der Waals surface area contributed by atoms with Crippen molar-refractivity contribution in [2.24, 2.45) is 5.92 Å². The molecule has 0 N–H and O–H groups in total. The maximum absolute atomic E-state index is 10.9. The van der Waals surface area contributed by atoms with Crippen molar-refractivity contribution in [1.29, 1.82) is 0 Å². The zero-order valence-corrected chi connectivity index (χ0v) is 8.15. The molecule has 0 heterocycles. The lowest BCUT2D eigenvalue weighted by Crippen LogP contribution is -2.27. The molecule has 0 amide bonds. The monoisotopic (exact) mass is 189 g/mol. The second-order valence-corrected chi connectivity index (χ2v) is 2.97. The summed E-state index contributed by atoms with van der Waals surface area (Å²) in [5.74, 6) is -0.622. The standard InChI is InChI=1S/C8H15NO4/c1-4-7(5-8(10)13-3)6(2)9(11)12/h6-7H,4-5H2,1-3H3. The van der Waals surface area contributed by atoms with Crippen LogP contribution >= 0.6 is 0 Å². The van der Waals surface area contributed by atoms with Gasteiger partial charge in [0.1, 0.15) is 0 Å². The number of esters is 1. The van der Waals surface area contributed by atoms with Crippen molar-refractivity contribution in [3.8, 4) is 0 Å². The molecule has 76 valence electrons. The summed E-state index contributed by atoms with van der Waals surface area (Å²) in [6.07, 6.45) is 0.729. The van der Waals surface area contributed by atoms with Crippen molar-refractivity contribution >= 4 is 5.97 Å². The highest BCUT2D eigenvalue weighted by atomic mass is 16.6. The van der Waals surface area contributed by atoms with E-state index in [9.17, 15) is 14.9 Å². The first kappa shape index (κ1) is 11.9. The lowest BCUT2D eigenvalue weighted by molar-refractivity contribution is -0.527. The molecule has 0 rings (SSSR count). The van der Waals surface area contributed by atoms with Gasteiger partial charge in [-0.15, -0.1) is 0 Å². The molecule has 5 heteroatoms. The number of nitro groups is 1. The van der Waals surface area contributed by atoms with Gasteiger partial charge in [-0.3, -0.25) is 14.9 Å². The van der Waals surface area contributed by atoms with Crippen molar-refractivity contribution in [2.75, 3.05) is 7.11 Å². The SMILES string of the molecule is CCC(CC(=O)OC)C(C)[N+](=O)[O-]. The third kappa shape index (κ3) is 3.87. The van der Waals surface area contributed by atoms with Crippen LogP contribution in [0.1, 0.15) is 26.7 Å². The molecule has 0 radical (unpaired) electrons. The fourth-order valence-electron chi connectivity index (χ4n) is 1.13. The van der Waals surface area contributed by atoms with E-state index in [4.69, 9.17) is 0 Å². The summed E-state index contributed by atoms with van der Waals surface area (Å²) >= 11 is 0. The highest BCUT2D eigenvalue weighted by Crippen LogP contribution is 2.16. The predicted molar refractivity (Wildman–Crippen MR) is 46.9 cm³/mol. The Kier molecular flexibility index (Phi) is 5.03. The molecule has 0 aliphatic rings. The van der Waals surface area contributed by atoms with E-state index >= 15 is 0 Å². The van der Waals surface area contributed by atoms with Gasteiger partial charge < -0.3 is 4.74 Å². The quantitative estimate of drug-likeness (QED) is 0.370. The predicted octanol–water partition coefficient (Wildman–Crippen LogP) is 1.24. The Morgan fingerprint density at radius 3 is 2.46 bits per heavy atom. The molecule has 5 nitrogen and oxygen atoms in total. The zero-order valence-electron chi connectivity index (χ0n) is 8.15. The van der Waals surface area contributed by atoms with Gasteiger partial charge in [-0.2, -0.15) is 0 Å². The molecule has 0 aromatic carbocycles. The van der Waals surface area contributed by atoms with E-state index < -0.39 is 6.04 Å². The zero-order chi connectivity index (χ0) is 10.4. The third-order valence-corrected chi connectivity index (χ3v) is 2.20. The van der Waals surface area contributed by atoms with E-state index in [1.165, 1.54) is 14.0 Å². The maximum atomic E-state index is 10.9. The lowest BCUT2D eigenvalue weighted by Gasteiger charge is -2.14. The van der Waals surface area contributed by atoms with Crippen LogP contribution in [-0.4, -0.2) is 24.0 Å². The van der Waals surface area contributed by atoms with Crippen LogP contribution in [0.2, 0.25) is 0 Å². The van der Waals surface area contributed by atoms with Gasteiger partial charge in [0.25, 0.3) is 0 Å². The summed E-state index contributed by atoms with van der Waals surface area (Å²) in [6, 6.07) is -0.691. The van der Waals surface area contributed by atoms with Crippen molar-refractivity contribution in [1.82, 2.24) is 0 Å². The minimum atomic E-state index is -0.691. The van der Waals surface area contributed by atoms with Crippen LogP contribution in [0.15, 0.2) is 0 Å². The molecule has 0 spiro atoms. The second kappa shape index (κ2) is 5.50. The Hall–Kier alpha value is -1.13.